The summed E-state index contributed by atoms with van der Waals surface area (Å²) in [6.45, 7) is 5.49. The van der Waals surface area contributed by atoms with Gasteiger partial charge in [0.1, 0.15) is 11.9 Å². The Kier molecular flexibility index (Phi) is 4.29. The van der Waals surface area contributed by atoms with E-state index in [1.54, 1.807) is 17.3 Å². The van der Waals surface area contributed by atoms with Crippen molar-refractivity contribution in [3.63, 3.8) is 0 Å². The molecule has 1 atom stereocenters. The third-order valence-electron chi connectivity index (χ3n) is 4.07. The molecule has 0 aliphatic carbocycles. The number of para-hydroxylation sites is 1. The number of hydrogen-bond donors (Lipinski definition) is 1. The molecule has 1 aliphatic heterocycles. The van der Waals surface area contributed by atoms with Crippen molar-refractivity contribution in [1.29, 1.82) is 0 Å². The monoisotopic (exact) mass is 324 g/mol. The number of aromatic nitrogens is 2. The van der Waals surface area contributed by atoms with Gasteiger partial charge in [0.05, 0.1) is 18.1 Å². The fourth-order valence-corrected chi connectivity index (χ4v) is 2.91. The maximum Gasteiger partial charge on any atom is 0.247 e. The average molecular weight is 324 g/mol. The minimum Gasteiger partial charge on any atom is -0.322 e. The molecule has 2 aromatic rings. The number of hydrogen-bond acceptors (Lipinski definition) is 4. The molecule has 1 aromatic heterocycles. The molecule has 0 saturated heterocycles. The van der Waals surface area contributed by atoms with Crippen LogP contribution in [0.3, 0.4) is 0 Å². The van der Waals surface area contributed by atoms with Gasteiger partial charge < -0.3 is 5.32 Å². The number of rotatable bonds is 3. The van der Waals surface area contributed by atoms with E-state index in [1.807, 2.05) is 38.1 Å². The summed E-state index contributed by atoms with van der Waals surface area (Å²) in [4.78, 5) is 34.7. The highest BCUT2D eigenvalue weighted by molar-refractivity contribution is 6.06. The predicted molar refractivity (Wildman–Crippen MR) is 91.8 cm³/mol. The van der Waals surface area contributed by atoms with Crippen molar-refractivity contribution in [2.24, 2.45) is 0 Å². The Morgan fingerprint density at radius 1 is 1.21 bits per heavy atom. The second kappa shape index (κ2) is 6.39. The van der Waals surface area contributed by atoms with Gasteiger partial charge in [-0.15, -0.1) is 0 Å². The average Bonchev–Trinajstić information content (AvgIpc) is 2.95. The Morgan fingerprint density at radius 3 is 2.50 bits per heavy atom. The first-order valence-electron chi connectivity index (χ1n) is 7.98. The van der Waals surface area contributed by atoms with Gasteiger partial charge in [-0.1, -0.05) is 32.0 Å². The lowest BCUT2D eigenvalue weighted by Crippen LogP contribution is -2.44. The zero-order valence-corrected chi connectivity index (χ0v) is 14.0. The van der Waals surface area contributed by atoms with E-state index in [-0.39, 0.29) is 17.7 Å². The maximum atomic E-state index is 12.7. The van der Waals surface area contributed by atoms with Crippen LogP contribution in [0, 0.1) is 0 Å². The molecule has 24 heavy (non-hydrogen) atoms. The molecule has 0 fully saturated rings. The van der Waals surface area contributed by atoms with Crippen molar-refractivity contribution in [3.8, 4) is 0 Å². The van der Waals surface area contributed by atoms with E-state index in [0.29, 0.717) is 12.1 Å². The molecule has 0 spiro atoms. The Balaban J connectivity index is 1.79. The number of anilines is 2. The number of carbonyl (C=O) groups excluding carboxylic acids is 2. The van der Waals surface area contributed by atoms with Crippen LogP contribution < -0.4 is 10.2 Å². The van der Waals surface area contributed by atoms with Gasteiger partial charge in [0.15, 0.2) is 0 Å². The SMILES string of the molecule is CC(=O)N1c2ccccc2C[C@H]1C(=O)Nc1cnc(C(C)C)nc1. The lowest BCUT2D eigenvalue weighted by Gasteiger charge is -2.23. The standard InChI is InChI=1S/C18H20N4O2/c1-11(2)17-19-9-14(10-20-17)21-18(24)16-8-13-6-4-5-7-15(13)22(16)12(3)23/h4-7,9-11,16H,8H2,1-3H3,(H,21,24)/t16-/m0/s1. The third-order valence-corrected chi connectivity index (χ3v) is 4.07. The van der Waals surface area contributed by atoms with Crippen molar-refractivity contribution in [2.45, 2.75) is 39.2 Å². The molecule has 2 amide bonds. The normalized spacial score (nSPS) is 16.2. The van der Waals surface area contributed by atoms with E-state index in [4.69, 9.17) is 0 Å². The van der Waals surface area contributed by atoms with Gasteiger partial charge in [-0.25, -0.2) is 9.97 Å². The van der Waals surface area contributed by atoms with Gasteiger partial charge in [0.25, 0.3) is 0 Å². The summed E-state index contributed by atoms with van der Waals surface area (Å²) in [5.41, 5.74) is 2.33. The molecule has 0 saturated carbocycles. The minimum atomic E-state index is -0.551. The lowest BCUT2D eigenvalue weighted by molar-refractivity contribution is -0.122. The van der Waals surface area contributed by atoms with E-state index in [9.17, 15) is 9.59 Å². The van der Waals surface area contributed by atoms with Gasteiger partial charge in [0, 0.05) is 24.9 Å². The zero-order valence-electron chi connectivity index (χ0n) is 14.0. The number of nitrogens with one attached hydrogen (secondary N) is 1. The van der Waals surface area contributed by atoms with E-state index >= 15 is 0 Å². The summed E-state index contributed by atoms with van der Waals surface area (Å²) in [7, 11) is 0. The molecule has 6 nitrogen and oxygen atoms in total. The molecule has 2 heterocycles. The Hall–Kier alpha value is -2.76. The summed E-state index contributed by atoms with van der Waals surface area (Å²) in [5.74, 6) is 0.577. The molecule has 1 N–H and O–H groups in total. The number of carbonyl (C=O) groups is 2. The molecule has 124 valence electrons. The zero-order chi connectivity index (χ0) is 17.3. The molecular weight excluding hydrogens is 304 g/mol. The second-order valence-electron chi connectivity index (χ2n) is 6.21. The Morgan fingerprint density at radius 2 is 1.88 bits per heavy atom. The van der Waals surface area contributed by atoms with Crippen LogP contribution in [0.2, 0.25) is 0 Å². The number of benzene rings is 1. The van der Waals surface area contributed by atoms with Crippen molar-refractivity contribution >= 4 is 23.2 Å². The van der Waals surface area contributed by atoms with Crippen LogP contribution in [-0.2, 0) is 16.0 Å². The second-order valence-corrected chi connectivity index (χ2v) is 6.21. The Labute approximate surface area is 140 Å². The van der Waals surface area contributed by atoms with Crippen LogP contribution in [0.15, 0.2) is 36.7 Å². The fraction of sp³-hybridized carbons (Fsp3) is 0.333. The molecule has 0 unspecified atom stereocenters. The van der Waals surface area contributed by atoms with Crippen molar-refractivity contribution in [2.75, 3.05) is 10.2 Å². The van der Waals surface area contributed by atoms with Gasteiger partial charge in [-0.05, 0) is 11.6 Å². The van der Waals surface area contributed by atoms with Crippen LogP contribution in [0.5, 0.6) is 0 Å². The smallest absolute Gasteiger partial charge is 0.247 e. The van der Waals surface area contributed by atoms with Crippen LogP contribution in [0.1, 0.15) is 38.1 Å². The van der Waals surface area contributed by atoms with Gasteiger partial charge in [-0.2, -0.15) is 0 Å². The first-order valence-corrected chi connectivity index (χ1v) is 7.98. The van der Waals surface area contributed by atoms with Crippen molar-refractivity contribution < 1.29 is 9.59 Å². The van der Waals surface area contributed by atoms with Crippen LogP contribution in [0.4, 0.5) is 11.4 Å². The summed E-state index contributed by atoms with van der Waals surface area (Å²) < 4.78 is 0. The molecular formula is C18H20N4O2. The molecule has 6 heteroatoms. The van der Waals surface area contributed by atoms with E-state index in [2.05, 4.69) is 15.3 Å². The van der Waals surface area contributed by atoms with E-state index in [1.165, 1.54) is 6.92 Å². The summed E-state index contributed by atoms with van der Waals surface area (Å²) in [5, 5.41) is 2.81. The Bertz CT molecular complexity index is 771. The first kappa shape index (κ1) is 16.1. The largest absolute Gasteiger partial charge is 0.322 e. The number of fused-ring (bicyclic) bond motifs is 1. The molecule has 0 bridgehead atoms. The summed E-state index contributed by atoms with van der Waals surface area (Å²) in [6.07, 6.45) is 3.70. The van der Waals surface area contributed by atoms with Crippen molar-refractivity contribution in [1.82, 2.24) is 9.97 Å². The molecule has 1 aromatic carbocycles. The summed E-state index contributed by atoms with van der Waals surface area (Å²) >= 11 is 0. The van der Waals surface area contributed by atoms with E-state index < -0.39 is 6.04 Å². The van der Waals surface area contributed by atoms with Crippen LogP contribution >= 0.6 is 0 Å². The van der Waals surface area contributed by atoms with Crippen LogP contribution in [0.25, 0.3) is 0 Å². The minimum absolute atomic E-state index is 0.147. The quantitative estimate of drug-likeness (QED) is 0.941. The highest BCUT2D eigenvalue weighted by Crippen LogP contribution is 2.32. The first-order chi connectivity index (χ1) is 11.5. The maximum absolute atomic E-state index is 12.7. The fourth-order valence-electron chi connectivity index (χ4n) is 2.91. The van der Waals surface area contributed by atoms with E-state index in [0.717, 1.165) is 17.1 Å². The molecule has 1 aliphatic rings. The summed E-state index contributed by atoms with van der Waals surface area (Å²) in [6, 6.07) is 7.04. The lowest BCUT2D eigenvalue weighted by atomic mass is 10.1. The highest BCUT2D eigenvalue weighted by Gasteiger charge is 2.36. The topological polar surface area (TPSA) is 75.2 Å². The highest BCUT2D eigenvalue weighted by atomic mass is 16.2. The van der Waals surface area contributed by atoms with Crippen LogP contribution in [-0.4, -0.2) is 27.8 Å². The van der Waals surface area contributed by atoms with Crippen molar-refractivity contribution in [3.05, 3.63) is 48.0 Å². The third kappa shape index (κ3) is 2.99. The molecule has 3 rings (SSSR count). The van der Waals surface area contributed by atoms with Gasteiger partial charge in [-0.3, -0.25) is 14.5 Å². The molecule has 0 radical (unpaired) electrons. The number of nitrogens with zero attached hydrogens (tertiary/aromatic N) is 3. The predicted octanol–water partition coefficient (Wildman–Crippen LogP) is 2.52. The number of amides is 2. The van der Waals surface area contributed by atoms with Gasteiger partial charge >= 0.3 is 0 Å². The van der Waals surface area contributed by atoms with Gasteiger partial charge in [0.2, 0.25) is 11.8 Å².